The molecule has 5 rings (SSSR count). The standard InChI is InChI=1S/C41H66FN8O11P/c1-5-6-7-8-9-10-11-12-13-14-15-16-17-18-19-21-48(24-29-36(61-62(54,55)58-4)33(42)39(59-29)49-22-20-31(51)47-41(49)53)32(52)23-28-30(25-56-2)60-40(35(28)57-3)50-27-46-34-37(43)44-26-45-38(34)50/h20,22,26-30,33,35-36,39-40H,5-19,21,23-25H2,1-4H3,(H,54,55)(H2,43,44,45)(H,47,51,53)/p-1/t28-,29-,30-,33-,35-,36-,39-,40-/m1/s1. The van der Waals surface area contributed by atoms with E-state index in [1.54, 1.807) is 4.57 Å². The maximum Gasteiger partial charge on any atom is 0.330 e. The van der Waals surface area contributed by atoms with Gasteiger partial charge >= 0.3 is 5.69 Å². The number of aromatic amines is 1. The fourth-order valence-corrected chi connectivity index (χ4v) is 9.11. The molecule has 348 valence electrons. The summed E-state index contributed by atoms with van der Waals surface area (Å²) >= 11 is 0. The normalized spacial score (nSPS) is 24.8. The lowest BCUT2D eigenvalue weighted by Gasteiger charge is -2.32. The number of rotatable bonds is 28. The maximum absolute atomic E-state index is 16.3. The van der Waals surface area contributed by atoms with Crippen LogP contribution in [0.1, 0.15) is 122 Å². The summed E-state index contributed by atoms with van der Waals surface area (Å²) < 4.78 is 65.0. The molecule has 3 aromatic heterocycles. The van der Waals surface area contributed by atoms with Gasteiger partial charge in [-0.05, 0) is 6.42 Å². The first-order valence-electron chi connectivity index (χ1n) is 22.0. The monoisotopic (exact) mass is 895 g/mol. The average molecular weight is 896 g/mol. The van der Waals surface area contributed by atoms with E-state index < -0.39 is 68.0 Å². The molecule has 0 saturated carbocycles. The molecule has 0 spiro atoms. The first kappa shape index (κ1) is 49.4. The van der Waals surface area contributed by atoms with E-state index in [0.717, 1.165) is 49.6 Å². The predicted molar refractivity (Wildman–Crippen MR) is 226 cm³/mol. The Morgan fingerprint density at radius 3 is 2.13 bits per heavy atom. The summed E-state index contributed by atoms with van der Waals surface area (Å²) in [5.41, 5.74) is 5.15. The van der Waals surface area contributed by atoms with Gasteiger partial charge in [-0.1, -0.05) is 96.8 Å². The third-order valence-corrected chi connectivity index (χ3v) is 12.8. The van der Waals surface area contributed by atoms with Crippen LogP contribution in [0.25, 0.3) is 11.2 Å². The molecule has 0 bridgehead atoms. The zero-order valence-electron chi connectivity index (χ0n) is 36.4. The number of methoxy groups -OCH3 is 2. The first-order chi connectivity index (χ1) is 29.9. The van der Waals surface area contributed by atoms with Crippen LogP contribution in [0.5, 0.6) is 0 Å². The highest BCUT2D eigenvalue weighted by molar-refractivity contribution is 7.45. The molecule has 21 heteroatoms. The van der Waals surface area contributed by atoms with Crippen molar-refractivity contribution in [3.8, 4) is 0 Å². The highest BCUT2D eigenvalue weighted by atomic mass is 31.2. The van der Waals surface area contributed by atoms with Crippen molar-refractivity contribution in [1.82, 2.24) is 34.0 Å². The third-order valence-electron chi connectivity index (χ3n) is 11.8. The summed E-state index contributed by atoms with van der Waals surface area (Å²) in [4.78, 5) is 68.0. The van der Waals surface area contributed by atoms with E-state index in [0.29, 0.717) is 17.6 Å². The Balaban J connectivity index is 1.29. The fourth-order valence-electron chi connectivity index (χ4n) is 8.48. The van der Waals surface area contributed by atoms with E-state index in [1.165, 1.54) is 96.0 Å². The Morgan fingerprint density at radius 2 is 1.53 bits per heavy atom. The number of carbonyl (C=O) groups is 1. The molecular weight excluding hydrogens is 830 g/mol. The van der Waals surface area contributed by atoms with Gasteiger partial charge in [0.05, 0.1) is 19.0 Å². The fraction of sp³-hybridized carbons (Fsp3) is 0.756. The Morgan fingerprint density at radius 1 is 0.903 bits per heavy atom. The van der Waals surface area contributed by atoms with Crippen LogP contribution in [0.4, 0.5) is 10.2 Å². The summed E-state index contributed by atoms with van der Waals surface area (Å²) in [5, 5.41) is 0. The molecule has 3 N–H and O–H groups in total. The number of nitrogens with zero attached hydrogens (tertiary/aromatic N) is 6. The molecular formula is C41H65FN8O11P-. The summed E-state index contributed by atoms with van der Waals surface area (Å²) in [5.74, 6) is -0.742. The number of hydrogen-bond donors (Lipinski definition) is 2. The Kier molecular flexibility index (Phi) is 19.5. The number of halogens is 1. The first-order valence-corrected chi connectivity index (χ1v) is 23.4. The van der Waals surface area contributed by atoms with Gasteiger partial charge in [-0.15, -0.1) is 0 Å². The van der Waals surface area contributed by atoms with Gasteiger partial charge < -0.3 is 43.5 Å². The summed E-state index contributed by atoms with van der Waals surface area (Å²) in [7, 11) is -1.15. The number of ether oxygens (including phenoxy) is 4. The second kappa shape index (κ2) is 24.4. The molecule has 3 aromatic rings. The van der Waals surface area contributed by atoms with Crippen molar-refractivity contribution in [2.75, 3.05) is 46.8 Å². The zero-order valence-corrected chi connectivity index (χ0v) is 37.3. The van der Waals surface area contributed by atoms with Crippen molar-refractivity contribution >= 4 is 30.7 Å². The van der Waals surface area contributed by atoms with E-state index in [-0.39, 0.29) is 37.8 Å². The number of aromatic nitrogens is 6. The van der Waals surface area contributed by atoms with Gasteiger partial charge in [0.15, 0.2) is 30.1 Å². The van der Waals surface area contributed by atoms with Gasteiger partial charge in [-0.2, -0.15) is 0 Å². The van der Waals surface area contributed by atoms with Crippen molar-refractivity contribution in [2.24, 2.45) is 5.92 Å². The van der Waals surface area contributed by atoms with Crippen LogP contribution in [0.15, 0.2) is 34.5 Å². The molecule has 2 fully saturated rings. The number of amides is 1. The predicted octanol–water partition coefficient (Wildman–Crippen LogP) is 4.96. The minimum Gasteiger partial charge on any atom is -0.756 e. The van der Waals surface area contributed by atoms with Crippen molar-refractivity contribution in [1.29, 1.82) is 0 Å². The number of alkyl halides is 1. The molecule has 62 heavy (non-hydrogen) atoms. The van der Waals surface area contributed by atoms with Gasteiger partial charge in [0.25, 0.3) is 13.4 Å². The molecule has 2 saturated heterocycles. The lowest BCUT2D eigenvalue weighted by Crippen LogP contribution is -2.45. The molecule has 0 radical (unpaired) electrons. The van der Waals surface area contributed by atoms with Gasteiger partial charge in [0, 0.05) is 59.0 Å². The van der Waals surface area contributed by atoms with E-state index in [4.69, 9.17) is 29.2 Å². The van der Waals surface area contributed by atoms with Gasteiger partial charge in [0.2, 0.25) is 5.91 Å². The number of nitrogens with one attached hydrogen (secondary N) is 1. The maximum atomic E-state index is 16.3. The summed E-state index contributed by atoms with van der Waals surface area (Å²) in [6.07, 6.45) is 11.9. The van der Waals surface area contributed by atoms with Crippen LogP contribution in [0.2, 0.25) is 0 Å². The van der Waals surface area contributed by atoms with Gasteiger partial charge in [-0.25, -0.2) is 24.1 Å². The largest absolute Gasteiger partial charge is 0.756 e. The number of nitrogens with two attached hydrogens (primary N) is 1. The van der Waals surface area contributed by atoms with Crippen LogP contribution in [-0.4, -0.2) is 111 Å². The molecule has 0 aliphatic carbocycles. The van der Waals surface area contributed by atoms with Crippen molar-refractivity contribution in [2.45, 2.75) is 153 Å². The molecule has 1 unspecified atom stereocenters. The molecule has 9 atom stereocenters. The molecule has 2 aliphatic rings. The number of carbonyl (C=O) groups excluding carboxylic acids is 1. The number of H-pyrrole nitrogens is 1. The molecule has 2 aliphatic heterocycles. The average Bonchev–Trinajstić information content (AvgIpc) is 3.92. The molecule has 19 nitrogen and oxygen atoms in total. The third kappa shape index (κ3) is 13.2. The molecule has 1 amide bonds. The highest BCUT2D eigenvalue weighted by Gasteiger charge is 2.51. The Labute approximate surface area is 361 Å². The topological polar surface area (TPSA) is 240 Å². The van der Waals surface area contributed by atoms with Crippen molar-refractivity contribution < 1.29 is 46.6 Å². The molecule has 5 heterocycles. The number of fused-ring (bicyclic) bond motifs is 1. The van der Waals surface area contributed by atoms with E-state index >= 15 is 4.39 Å². The van der Waals surface area contributed by atoms with Crippen LogP contribution >= 0.6 is 7.82 Å². The van der Waals surface area contributed by atoms with Crippen molar-refractivity contribution in [3.05, 3.63) is 45.8 Å². The SMILES string of the molecule is CCCCCCCCCCCCCCCCCN(C[C@H]1O[C@@H](n2ccc(=O)[nH]c2=O)[C@H](F)[C@@H]1OP(=O)([O-])OC)C(=O)C[C@H]1[C@@H](OC)[C@H](n2cnc3c(N)ncnc32)O[C@@H]1COC. The Hall–Kier alpha value is -3.62. The van der Waals surface area contributed by atoms with E-state index in [1.807, 2.05) is 0 Å². The number of imidazole rings is 1. The van der Waals surface area contributed by atoms with E-state index in [2.05, 4.69) is 31.4 Å². The Bertz CT molecular complexity index is 2000. The zero-order chi connectivity index (χ0) is 44.6. The van der Waals surface area contributed by atoms with E-state index in [9.17, 15) is 23.8 Å². The lowest BCUT2D eigenvalue weighted by molar-refractivity contribution is -0.230. The smallest absolute Gasteiger partial charge is 0.330 e. The number of phosphoric acid groups is 1. The second-order valence-corrected chi connectivity index (χ2v) is 17.7. The number of hydrogen-bond acceptors (Lipinski definition) is 15. The summed E-state index contributed by atoms with van der Waals surface area (Å²) in [6, 6.07) is 1.01. The second-order valence-electron chi connectivity index (χ2n) is 16.2. The van der Waals surface area contributed by atoms with Crippen LogP contribution < -0.4 is 21.9 Å². The number of anilines is 1. The van der Waals surface area contributed by atoms with Gasteiger partial charge in [-0.3, -0.25) is 28.3 Å². The van der Waals surface area contributed by atoms with Gasteiger partial charge in [0.1, 0.15) is 30.2 Å². The number of unbranched alkanes of at least 4 members (excludes halogenated alkanes) is 14. The number of nitrogen functional groups attached to an aromatic ring is 1. The highest BCUT2D eigenvalue weighted by Crippen LogP contribution is 2.45. The van der Waals surface area contributed by atoms with Crippen LogP contribution in [0.3, 0.4) is 0 Å². The summed E-state index contributed by atoms with van der Waals surface area (Å²) in [6.45, 7) is 2.28. The lowest BCUT2D eigenvalue weighted by atomic mass is 9.93. The minimum atomic E-state index is -5.05. The van der Waals surface area contributed by atoms with Crippen molar-refractivity contribution in [3.63, 3.8) is 0 Å². The quantitative estimate of drug-likeness (QED) is 0.0723. The van der Waals surface area contributed by atoms with Crippen LogP contribution in [0, 0.1) is 5.92 Å². The minimum absolute atomic E-state index is 0.107. The molecule has 0 aromatic carbocycles. The van der Waals surface area contributed by atoms with Crippen LogP contribution in [-0.2, 0) is 37.4 Å². The number of phosphoric ester groups is 1.